The van der Waals surface area contributed by atoms with Crippen LogP contribution in [-0.2, 0) is 28.0 Å². The lowest BCUT2D eigenvalue weighted by molar-refractivity contribution is -0.140. The van der Waals surface area contributed by atoms with Crippen LogP contribution in [0, 0.1) is 5.92 Å². The van der Waals surface area contributed by atoms with Crippen molar-refractivity contribution in [3.8, 4) is 28.7 Å². The molecule has 1 aliphatic carbocycles. The quantitative estimate of drug-likeness (QED) is 0.306. The number of hydrogen-bond acceptors (Lipinski definition) is 11. The molecule has 238 valence electrons. The van der Waals surface area contributed by atoms with E-state index >= 15 is 0 Å². The molecule has 1 spiro atoms. The van der Waals surface area contributed by atoms with Crippen LogP contribution >= 0.6 is 11.6 Å². The van der Waals surface area contributed by atoms with Crippen LogP contribution in [0.25, 0.3) is 0 Å². The van der Waals surface area contributed by atoms with Crippen LogP contribution in [0.4, 0.5) is 0 Å². The summed E-state index contributed by atoms with van der Waals surface area (Å²) in [5.41, 5.74) is -1.74. The lowest BCUT2D eigenvalue weighted by atomic mass is 9.69. The molecule has 5 rings (SSSR count). The molecule has 2 aromatic carbocycles. The van der Waals surface area contributed by atoms with Crippen LogP contribution in [0.1, 0.15) is 47.4 Å². The van der Waals surface area contributed by atoms with E-state index in [0.29, 0.717) is 22.9 Å². The maximum absolute atomic E-state index is 14.2. The van der Waals surface area contributed by atoms with Crippen molar-refractivity contribution in [2.45, 2.75) is 37.9 Å². The summed E-state index contributed by atoms with van der Waals surface area (Å²) in [7, 11) is 7.29. The van der Waals surface area contributed by atoms with E-state index < -0.39 is 40.7 Å². The monoisotopic (exact) mass is 640 g/mol. The van der Waals surface area contributed by atoms with E-state index in [9.17, 15) is 19.5 Å². The number of carbonyl (C=O) groups excluding carboxylic acids is 3. The highest BCUT2D eigenvalue weighted by Crippen LogP contribution is 2.56. The Morgan fingerprint density at radius 1 is 1.11 bits per heavy atom. The first-order valence-corrected chi connectivity index (χ1v) is 14.4. The van der Waals surface area contributed by atoms with Crippen LogP contribution in [0.15, 0.2) is 48.0 Å². The number of rotatable bonds is 10. The molecular formula is C32H33ClN2O10. The SMILES string of the molecule is COC(=O)C[C@H](C1=C(O)[C@@]2(Oc3c(Cl)c(OC)cc(OC)c3C2=O)[C@H](C)CC1=O)c1ccc(OCc2nccn2C)c(OC)c1. The molecule has 45 heavy (non-hydrogen) atoms. The summed E-state index contributed by atoms with van der Waals surface area (Å²) < 4.78 is 35.3. The van der Waals surface area contributed by atoms with Crippen molar-refractivity contribution in [1.29, 1.82) is 0 Å². The number of aliphatic hydroxyl groups is 1. The summed E-state index contributed by atoms with van der Waals surface area (Å²) in [6.45, 7) is 1.78. The zero-order valence-electron chi connectivity index (χ0n) is 25.6. The fourth-order valence-corrected chi connectivity index (χ4v) is 6.14. The predicted molar refractivity (Wildman–Crippen MR) is 161 cm³/mol. The van der Waals surface area contributed by atoms with Gasteiger partial charge in [0, 0.05) is 49.3 Å². The van der Waals surface area contributed by atoms with Gasteiger partial charge in [0.2, 0.25) is 11.4 Å². The van der Waals surface area contributed by atoms with Crippen LogP contribution in [0.3, 0.4) is 0 Å². The average Bonchev–Trinajstić information content (AvgIpc) is 3.59. The Labute approximate surface area is 264 Å². The summed E-state index contributed by atoms with van der Waals surface area (Å²) in [4.78, 5) is 44.9. The number of esters is 1. The molecule has 12 nitrogen and oxygen atoms in total. The molecule has 0 amide bonds. The summed E-state index contributed by atoms with van der Waals surface area (Å²) in [5, 5.41) is 12.0. The second kappa shape index (κ2) is 12.4. The molecule has 2 heterocycles. The predicted octanol–water partition coefficient (Wildman–Crippen LogP) is 4.76. The number of nitrogens with zero attached hydrogens (tertiary/aromatic N) is 2. The third-order valence-electron chi connectivity index (χ3n) is 8.33. The van der Waals surface area contributed by atoms with Gasteiger partial charge < -0.3 is 38.1 Å². The second-order valence-electron chi connectivity index (χ2n) is 10.7. The summed E-state index contributed by atoms with van der Waals surface area (Å²) in [5.74, 6) is -2.54. The van der Waals surface area contributed by atoms with Gasteiger partial charge in [0.15, 0.2) is 28.8 Å². The van der Waals surface area contributed by atoms with Gasteiger partial charge in [0.05, 0.1) is 34.9 Å². The zero-order chi connectivity index (χ0) is 32.6. The van der Waals surface area contributed by atoms with E-state index in [0.717, 1.165) is 0 Å². The molecule has 0 unspecified atom stereocenters. The molecule has 1 N–H and O–H groups in total. The fraction of sp³-hybridized carbons (Fsp3) is 0.375. The van der Waals surface area contributed by atoms with Crippen molar-refractivity contribution >= 4 is 29.1 Å². The summed E-state index contributed by atoms with van der Waals surface area (Å²) in [6, 6.07) is 6.34. The van der Waals surface area contributed by atoms with Crippen molar-refractivity contribution in [2.24, 2.45) is 13.0 Å². The minimum Gasteiger partial charge on any atom is -0.507 e. The number of hydrogen-bond donors (Lipinski definition) is 1. The maximum Gasteiger partial charge on any atom is 0.306 e. The van der Waals surface area contributed by atoms with E-state index in [1.807, 2.05) is 11.6 Å². The highest BCUT2D eigenvalue weighted by molar-refractivity contribution is 6.35. The van der Waals surface area contributed by atoms with Gasteiger partial charge in [0.25, 0.3) is 0 Å². The van der Waals surface area contributed by atoms with Crippen LogP contribution in [0.5, 0.6) is 28.7 Å². The van der Waals surface area contributed by atoms with Gasteiger partial charge in [-0.1, -0.05) is 24.6 Å². The number of ketones is 2. The van der Waals surface area contributed by atoms with E-state index in [-0.39, 0.29) is 52.9 Å². The van der Waals surface area contributed by atoms with Crippen molar-refractivity contribution in [2.75, 3.05) is 28.4 Å². The highest BCUT2D eigenvalue weighted by atomic mass is 35.5. The minimum absolute atomic E-state index is 0.00829. The number of imidazole rings is 1. The normalized spacial score (nSPS) is 19.7. The molecule has 1 aliphatic heterocycles. The van der Waals surface area contributed by atoms with Crippen molar-refractivity contribution in [1.82, 2.24) is 9.55 Å². The van der Waals surface area contributed by atoms with E-state index in [2.05, 4.69) is 4.98 Å². The third kappa shape index (κ3) is 5.22. The van der Waals surface area contributed by atoms with Gasteiger partial charge in [-0.2, -0.15) is 0 Å². The number of allylic oxidation sites excluding steroid dienone is 1. The number of halogens is 1. The Kier molecular flexibility index (Phi) is 8.70. The van der Waals surface area contributed by atoms with Crippen LogP contribution in [0.2, 0.25) is 5.02 Å². The average molecular weight is 641 g/mol. The number of fused-ring (bicyclic) bond motifs is 1. The first kappa shape index (κ1) is 31.7. The van der Waals surface area contributed by atoms with Crippen molar-refractivity contribution in [3.05, 3.63) is 70.0 Å². The first-order chi connectivity index (χ1) is 21.5. The number of ether oxygens (including phenoxy) is 6. The Balaban J connectivity index is 1.62. The maximum atomic E-state index is 14.2. The smallest absolute Gasteiger partial charge is 0.306 e. The summed E-state index contributed by atoms with van der Waals surface area (Å²) in [6.07, 6.45) is 2.95. The van der Waals surface area contributed by atoms with Gasteiger partial charge in [-0.15, -0.1) is 0 Å². The van der Waals surface area contributed by atoms with Gasteiger partial charge in [-0.3, -0.25) is 14.4 Å². The van der Waals surface area contributed by atoms with Gasteiger partial charge in [0.1, 0.15) is 34.5 Å². The van der Waals surface area contributed by atoms with Crippen molar-refractivity contribution in [3.63, 3.8) is 0 Å². The number of aryl methyl sites for hydroxylation is 1. The number of aliphatic hydroxyl groups excluding tert-OH is 1. The Morgan fingerprint density at radius 2 is 1.82 bits per heavy atom. The van der Waals surface area contributed by atoms with Crippen molar-refractivity contribution < 1.29 is 47.9 Å². The fourth-order valence-electron chi connectivity index (χ4n) is 5.87. The lowest BCUT2D eigenvalue weighted by Gasteiger charge is -2.38. The zero-order valence-corrected chi connectivity index (χ0v) is 26.4. The standard InChI is InChI=1S/C32H33ClN2O10/c1-16-11-19(36)26(30(38)32(16)31(39)27-22(41-4)14-23(42-5)28(33)29(27)45-32)18(13-25(37)43-6)17-7-8-20(21(12-17)40-3)44-15-24-34-9-10-35(24)2/h7-10,12,14,16,18,38H,11,13,15H2,1-6H3/t16-,18+,32+/m1/s1. The number of aromatic nitrogens is 2. The topological polar surface area (TPSA) is 145 Å². The molecule has 3 aromatic rings. The van der Waals surface area contributed by atoms with E-state index in [1.165, 1.54) is 34.5 Å². The molecule has 13 heteroatoms. The first-order valence-electron chi connectivity index (χ1n) is 14.0. The molecule has 0 bridgehead atoms. The van der Waals surface area contributed by atoms with Gasteiger partial charge in [-0.25, -0.2) is 4.98 Å². The number of methoxy groups -OCH3 is 4. The third-order valence-corrected chi connectivity index (χ3v) is 8.68. The number of carbonyl (C=O) groups is 3. The van der Waals surface area contributed by atoms with E-state index in [1.54, 1.807) is 37.5 Å². The van der Waals surface area contributed by atoms with Crippen LogP contribution < -0.4 is 23.7 Å². The summed E-state index contributed by atoms with van der Waals surface area (Å²) >= 11 is 6.56. The second-order valence-corrected chi connectivity index (χ2v) is 11.1. The minimum atomic E-state index is -2.02. The Bertz CT molecular complexity index is 1710. The Morgan fingerprint density at radius 3 is 2.44 bits per heavy atom. The molecule has 3 atom stereocenters. The molecule has 2 aliphatic rings. The number of Topliss-reactive ketones (excluding diaryl/α,β-unsaturated/α-hetero) is 2. The molecule has 0 saturated heterocycles. The molecule has 0 fully saturated rings. The Hall–Kier alpha value is -4.71. The molecule has 0 radical (unpaired) electrons. The van der Waals surface area contributed by atoms with Crippen LogP contribution in [-0.4, -0.2) is 66.2 Å². The molecule has 1 aromatic heterocycles. The van der Waals surface area contributed by atoms with E-state index in [4.69, 9.17) is 40.0 Å². The molecule has 0 saturated carbocycles. The number of benzene rings is 2. The lowest BCUT2D eigenvalue weighted by Crippen LogP contribution is -2.53. The van der Waals surface area contributed by atoms with Gasteiger partial charge >= 0.3 is 5.97 Å². The van der Waals surface area contributed by atoms with Gasteiger partial charge in [-0.05, 0) is 17.7 Å². The molecular weight excluding hydrogens is 608 g/mol. The highest BCUT2D eigenvalue weighted by Gasteiger charge is 2.61. The largest absolute Gasteiger partial charge is 0.507 e.